The molecule has 16 heavy (non-hydrogen) atoms. The van der Waals surface area contributed by atoms with E-state index in [9.17, 15) is 0 Å². The van der Waals surface area contributed by atoms with Crippen LogP contribution in [0.5, 0.6) is 0 Å². The molecule has 2 aromatic rings. The Balaban J connectivity index is 2.05. The molecule has 2 rings (SSSR count). The van der Waals surface area contributed by atoms with Crippen molar-refractivity contribution in [1.29, 1.82) is 0 Å². The van der Waals surface area contributed by atoms with E-state index in [0.29, 0.717) is 11.6 Å². The van der Waals surface area contributed by atoms with E-state index in [1.807, 2.05) is 13.0 Å². The first kappa shape index (κ1) is 10.8. The summed E-state index contributed by atoms with van der Waals surface area (Å²) in [5.74, 6) is 0.761. The topological polar surface area (TPSA) is 50.7 Å². The number of aryl methyl sites for hydroxylation is 1. The van der Waals surface area contributed by atoms with E-state index in [4.69, 9.17) is 11.6 Å². The van der Waals surface area contributed by atoms with E-state index >= 15 is 0 Å². The third kappa shape index (κ3) is 2.67. The lowest BCUT2D eigenvalue weighted by Gasteiger charge is -2.07. The van der Waals surface area contributed by atoms with E-state index in [-0.39, 0.29) is 0 Å². The van der Waals surface area contributed by atoms with Crippen LogP contribution in [0.3, 0.4) is 0 Å². The Kier molecular flexibility index (Phi) is 3.31. The monoisotopic (exact) mass is 234 g/mol. The van der Waals surface area contributed by atoms with Crippen LogP contribution in [0.4, 0.5) is 5.69 Å². The molecule has 82 valence electrons. The summed E-state index contributed by atoms with van der Waals surface area (Å²) >= 11 is 5.99. The van der Waals surface area contributed by atoms with Crippen LogP contribution in [0.15, 0.2) is 30.7 Å². The highest BCUT2D eigenvalue weighted by atomic mass is 35.5. The van der Waals surface area contributed by atoms with Crippen molar-refractivity contribution in [2.75, 3.05) is 5.32 Å². The van der Waals surface area contributed by atoms with Crippen molar-refractivity contribution >= 4 is 17.3 Å². The van der Waals surface area contributed by atoms with Gasteiger partial charge in [0.05, 0.1) is 29.1 Å². The molecule has 0 unspecified atom stereocenters. The number of halogens is 1. The number of pyridine rings is 1. The minimum Gasteiger partial charge on any atom is -0.377 e. The van der Waals surface area contributed by atoms with E-state index in [1.165, 1.54) is 0 Å². The van der Waals surface area contributed by atoms with Crippen LogP contribution in [-0.4, -0.2) is 15.0 Å². The van der Waals surface area contributed by atoms with Gasteiger partial charge in [0.15, 0.2) is 0 Å². The lowest BCUT2D eigenvalue weighted by molar-refractivity contribution is 0.954. The molecule has 0 aliphatic rings. The molecule has 0 saturated carbocycles. The fraction of sp³-hybridized carbons (Fsp3) is 0.182. The van der Waals surface area contributed by atoms with Gasteiger partial charge < -0.3 is 5.32 Å². The summed E-state index contributed by atoms with van der Waals surface area (Å²) in [7, 11) is 0. The van der Waals surface area contributed by atoms with Gasteiger partial charge in [-0.3, -0.25) is 4.98 Å². The Hall–Kier alpha value is -1.68. The van der Waals surface area contributed by atoms with Crippen molar-refractivity contribution in [3.8, 4) is 0 Å². The molecule has 0 aliphatic heterocycles. The smallest absolute Gasteiger partial charge is 0.125 e. The minimum atomic E-state index is 0.606. The maximum Gasteiger partial charge on any atom is 0.125 e. The molecule has 0 radical (unpaired) electrons. The fourth-order valence-electron chi connectivity index (χ4n) is 1.30. The Bertz CT molecular complexity index is 487. The predicted molar refractivity (Wildman–Crippen MR) is 63.3 cm³/mol. The lowest BCUT2D eigenvalue weighted by atomic mass is 10.3. The van der Waals surface area contributed by atoms with E-state index in [1.54, 1.807) is 24.7 Å². The van der Waals surface area contributed by atoms with E-state index in [2.05, 4.69) is 20.3 Å². The number of hydrogen-bond acceptors (Lipinski definition) is 4. The second kappa shape index (κ2) is 4.90. The zero-order valence-corrected chi connectivity index (χ0v) is 9.57. The summed E-state index contributed by atoms with van der Waals surface area (Å²) in [6, 6.07) is 3.61. The molecule has 1 N–H and O–H groups in total. The summed E-state index contributed by atoms with van der Waals surface area (Å²) in [5, 5.41) is 3.83. The molecule has 0 atom stereocenters. The van der Waals surface area contributed by atoms with Gasteiger partial charge >= 0.3 is 0 Å². The number of nitrogens with zero attached hydrogens (tertiary/aromatic N) is 3. The molecule has 2 aromatic heterocycles. The van der Waals surface area contributed by atoms with Crippen LogP contribution < -0.4 is 5.32 Å². The number of rotatable bonds is 3. The molecule has 2 heterocycles. The van der Waals surface area contributed by atoms with Crippen molar-refractivity contribution in [2.24, 2.45) is 0 Å². The second-order valence-corrected chi connectivity index (χ2v) is 3.71. The van der Waals surface area contributed by atoms with E-state index in [0.717, 1.165) is 17.2 Å². The maximum atomic E-state index is 5.99. The van der Waals surface area contributed by atoms with Crippen molar-refractivity contribution in [2.45, 2.75) is 13.5 Å². The molecule has 0 aliphatic carbocycles. The molecule has 4 nitrogen and oxygen atoms in total. The summed E-state index contributed by atoms with van der Waals surface area (Å²) in [4.78, 5) is 12.3. The van der Waals surface area contributed by atoms with Gasteiger partial charge in [-0.25, -0.2) is 9.97 Å². The second-order valence-electron chi connectivity index (χ2n) is 3.30. The summed E-state index contributed by atoms with van der Waals surface area (Å²) in [5.41, 5.74) is 1.73. The summed E-state index contributed by atoms with van der Waals surface area (Å²) in [6.45, 7) is 2.47. The number of aromatic nitrogens is 3. The standard InChI is InChI=1S/C11H11ClN4/c1-8-14-5-2-9(16-8)6-15-11-7-13-4-3-10(11)12/h2-5,7,15H,6H2,1H3. The highest BCUT2D eigenvalue weighted by molar-refractivity contribution is 6.33. The van der Waals surface area contributed by atoms with Gasteiger partial charge in [0.25, 0.3) is 0 Å². The number of nitrogens with one attached hydrogen (secondary N) is 1. The zero-order valence-electron chi connectivity index (χ0n) is 8.81. The van der Waals surface area contributed by atoms with Crippen LogP contribution in [0.2, 0.25) is 5.02 Å². The molecule has 0 fully saturated rings. The molecule has 0 spiro atoms. The number of hydrogen-bond donors (Lipinski definition) is 1. The number of anilines is 1. The van der Waals surface area contributed by atoms with Gasteiger partial charge in [-0.15, -0.1) is 0 Å². The first-order chi connectivity index (χ1) is 7.75. The molecule has 0 aromatic carbocycles. The quantitative estimate of drug-likeness (QED) is 0.886. The molecule has 0 bridgehead atoms. The molecule has 0 saturated heterocycles. The van der Waals surface area contributed by atoms with Crippen LogP contribution in [0, 0.1) is 6.92 Å². The van der Waals surface area contributed by atoms with Gasteiger partial charge in [0.2, 0.25) is 0 Å². The zero-order chi connectivity index (χ0) is 11.4. The molecular weight excluding hydrogens is 224 g/mol. The highest BCUT2D eigenvalue weighted by Crippen LogP contribution is 2.19. The average molecular weight is 235 g/mol. The van der Waals surface area contributed by atoms with Crippen molar-refractivity contribution < 1.29 is 0 Å². The van der Waals surface area contributed by atoms with E-state index < -0.39 is 0 Å². The minimum absolute atomic E-state index is 0.606. The van der Waals surface area contributed by atoms with Crippen LogP contribution >= 0.6 is 11.6 Å². The van der Waals surface area contributed by atoms with Gasteiger partial charge in [-0.2, -0.15) is 0 Å². The van der Waals surface area contributed by atoms with Gasteiger partial charge in [-0.05, 0) is 19.1 Å². The first-order valence-electron chi connectivity index (χ1n) is 4.87. The van der Waals surface area contributed by atoms with Gasteiger partial charge in [-0.1, -0.05) is 11.6 Å². The van der Waals surface area contributed by atoms with Crippen LogP contribution in [0.1, 0.15) is 11.5 Å². The maximum absolute atomic E-state index is 5.99. The molecule has 5 heteroatoms. The van der Waals surface area contributed by atoms with Crippen molar-refractivity contribution in [1.82, 2.24) is 15.0 Å². The van der Waals surface area contributed by atoms with Crippen molar-refractivity contribution in [3.05, 3.63) is 47.3 Å². The molecule has 0 amide bonds. The predicted octanol–water partition coefficient (Wildman–Crippen LogP) is 2.45. The normalized spacial score (nSPS) is 10.1. The molecular formula is C11H11ClN4. The third-order valence-corrected chi connectivity index (χ3v) is 2.39. The SMILES string of the molecule is Cc1nccc(CNc2cnccc2Cl)n1. The first-order valence-corrected chi connectivity index (χ1v) is 5.25. The fourth-order valence-corrected chi connectivity index (χ4v) is 1.47. The lowest BCUT2D eigenvalue weighted by Crippen LogP contribution is -2.03. The van der Waals surface area contributed by atoms with Crippen molar-refractivity contribution in [3.63, 3.8) is 0 Å². The van der Waals surface area contributed by atoms with Gasteiger partial charge in [0, 0.05) is 12.4 Å². The average Bonchev–Trinajstić information content (AvgIpc) is 2.28. The summed E-state index contributed by atoms with van der Waals surface area (Å²) in [6.07, 6.45) is 5.09. The largest absolute Gasteiger partial charge is 0.377 e. The van der Waals surface area contributed by atoms with Crippen LogP contribution in [-0.2, 0) is 6.54 Å². The van der Waals surface area contributed by atoms with Gasteiger partial charge in [0.1, 0.15) is 5.82 Å². The Morgan fingerprint density at radius 2 is 2.19 bits per heavy atom. The highest BCUT2D eigenvalue weighted by Gasteiger charge is 2.00. The van der Waals surface area contributed by atoms with Crippen LogP contribution in [0.25, 0.3) is 0 Å². The summed E-state index contributed by atoms with van der Waals surface area (Å²) < 4.78 is 0. The Morgan fingerprint density at radius 1 is 1.31 bits per heavy atom. The third-order valence-electron chi connectivity index (χ3n) is 2.06. The Labute approximate surface area is 98.7 Å². The Morgan fingerprint density at radius 3 is 2.94 bits per heavy atom.